The molecule has 0 unspecified atom stereocenters. The van der Waals surface area contributed by atoms with Crippen molar-refractivity contribution >= 4 is 0 Å². The first-order chi connectivity index (χ1) is 12.3. The molecule has 1 aliphatic rings. The lowest BCUT2D eigenvalue weighted by atomic mass is 9.95. The van der Waals surface area contributed by atoms with Crippen LogP contribution in [-0.4, -0.2) is 40.2 Å². The average Bonchev–Trinajstić information content (AvgIpc) is 2.93. The summed E-state index contributed by atoms with van der Waals surface area (Å²) in [7, 11) is 0. The summed E-state index contributed by atoms with van der Waals surface area (Å²) in [4.78, 5) is 9.02. The van der Waals surface area contributed by atoms with Crippen LogP contribution in [0.2, 0.25) is 0 Å². The van der Waals surface area contributed by atoms with Crippen LogP contribution < -0.4 is 4.74 Å². The normalized spacial score (nSPS) is 18.9. The van der Waals surface area contributed by atoms with Crippen LogP contribution in [0.1, 0.15) is 36.4 Å². The Balaban J connectivity index is 1.81. The lowest BCUT2D eigenvalue weighted by Crippen LogP contribution is -2.25. The van der Waals surface area contributed by atoms with E-state index in [1.165, 1.54) is 0 Å². The van der Waals surface area contributed by atoms with Crippen LogP contribution in [0.25, 0.3) is 11.1 Å². The van der Waals surface area contributed by atoms with E-state index >= 15 is 0 Å². The summed E-state index contributed by atoms with van der Waals surface area (Å²) in [6, 6.07) is 6.23. The summed E-state index contributed by atoms with van der Waals surface area (Å²) in [5, 5.41) is 9.51. The molecule has 1 atom stereocenters. The van der Waals surface area contributed by atoms with Crippen molar-refractivity contribution in [3.8, 4) is 17.1 Å². The second kappa shape index (κ2) is 7.31. The zero-order valence-corrected chi connectivity index (χ0v) is 16.0. The standard InChI is InChI=1S/C20H26N2O4/c1-12-15(9-23)7-6-8-17(12)18-13(2)21-19(22-14(18)3)24-10-16-11-25-20(4,5)26-16/h6-8,16,23H,9-11H2,1-5H3/t16-/m1/s1. The fraction of sp³-hybridized carbons (Fsp3) is 0.500. The first kappa shape index (κ1) is 18.8. The Kier molecular flexibility index (Phi) is 5.27. The van der Waals surface area contributed by atoms with Gasteiger partial charge in [-0.3, -0.25) is 0 Å². The summed E-state index contributed by atoms with van der Waals surface area (Å²) >= 11 is 0. The largest absolute Gasteiger partial charge is 0.461 e. The third-order valence-electron chi connectivity index (χ3n) is 4.60. The molecule has 1 aromatic carbocycles. The van der Waals surface area contributed by atoms with Gasteiger partial charge < -0.3 is 19.3 Å². The van der Waals surface area contributed by atoms with Crippen molar-refractivity contribution in [3.63, 3.8) is 0 Å². The molecular weight excluding hydrogens is 332 g/mol. The highest BCUT2D eigenvalue weighted by Gasteiger charge is 2.33. The van der Waals surface area contributed by atoms with Crippen LogP contribution >= 0.6 is 0 Å². The van der Waals surface area contributed by atoms with Gasteiger partial charge in [0.15, 0.2) is 5.79 Å². The van der Waals surface area contributed by atoms with Gasteiger partial charge in [-0.25, -0.2) is 0 Å². The van der Waals surface area contributed by atoms with E-state index < -0.39 is 5.79 Å². The van der Waals surface area contributed by atoms with E-state index in [1.807, 2.05) is 52.8 Å². The van der Waals surface area contributed by atoms with E-state index in [4.69, 9.17) is 14.2 Å². The first-order valence-corrected chi connectivity index (χ1v) is 8.80. The third kappa shape index (κ3) is 3.87. The molecule has 1 aromatic heterocycles. The van der Waals surface area contributed by atoms with Gasteiger partial charge in [-0.2, -0.15) is 9.97 Å². The van der Waals surface area contributed by atoms with E-state index in [2.05, 4.69) is 9.97 Å². The molecule has 0 aliphatic carbocycles. The molecule has 1 fully saturated rings. The SMILES string of the molecule is Cc1nc(OC[C@@H]2COC(C)(C)O2)nc(C)c1-c1cccc(CO)c1C. The lowest BCUT2D eigenvalue weighted by molar-refractivity contribution is -0.141. The van der Waals surface area contributed by atoms with Gasteiger partial charge in [-0.05, 0) is 51.3 Å². The first-order valence-electron chi connectivity index (χ1n) is 8.80. The number of ether oxygens (including phenoxy) is 3. The quantitative estimate of drug-likeness (QED) is 0.885. The summed E-state index contributed by atoms with van der Waals surface area (Å²) in [6.07, 6.45) is -0.127. The maximum Gasteiger partial charge on any atom is 0.316 e. The fourth-order valence-electron chi connectivity index (χ4n) is 3.28. The van der Waals surface area contributed by atoms with Crippen LogP contribution in [0.4, 0.5) is 0 Å². The predicted molar refractivity (Wildman–Crippen MR) is 98.0 cm³/mol. The fourth-order valence-corrected chi connectivity index (χ4v) is 3.28. The molecule has 1 aliphatic heterocycles. The number of aliphatic hydroxyl groups is 1. The van der Waals surface area contributed by atoms with Crippen molar-refractivity contribution in [2.75, 3.05) is 13.2 Å². The molecule has 3 rings (SSSR count). The number of aliphatic hydroxyl groups excluding tert-OH is 1. The third-order valence-corrected chi connectivity index (χ3v) is 4.60. The van der Waals surface area contributed by atoms with Crippen LogP contribution in [-0.2, 0) is 16.1 Å². The number of rotatable bonds is 5. The zero-order chi connectivity index (χ0) is 18.9. The smallest absolute Gasteiger partial charge is 0.316 e. The topological polar surface area (TPSA) is 73.7 Å². The van der Waals surface area contributed by atoms with Gasteiger partial charge in [0.05, 0.1) is 24.6 Å². The summed E-state index contributed by atoms with van der Waals surface area (Å²) in [6.45, 7) is 10.5. The van der Waals surface area contributed by atoms with Crippen molar-refractivity contribution in [2.24, 2.45) is 0 Å². The molecule has 6 heteroatoms. The second-order valence-corrected chi connectivity index (χ2v) is 7.06. The van der Waals surface area contributed by atoms with Gasteiger partial charge in [0.1, 0.15) is 12.7 Å². The molecular formula is C20H26N2O4. The Bertz CT molecular complexity index is 781. The summed E-state index contributed by atoms with van der Waals surface area (Å²) < 4.78 is 17.0. The molecule has 1 N–H and O–H groups in total. The zero-order valence-electron chi connectivity index (χ0n) is 16.0. The van der Waals surface area contributed by atoms with Crippen molar-refractivity contribution < 1.29 is 19.3 Å². The van der Waals surface area contributed by atoms with Crippen LogP contribution in [0.3, 0.4) is 0 Å². The molecule has 0 saturated carbocycles. The molecule has 1 saturated heterocycles. The van der Waals surface area contributed by atoms with Crippen molar-refractivity contribution in [3.05, 3.63) is 40.7 Å². The predicted octanol–water partition coefficient (Wildman–Crippen LogP) is 3.09. The minimum atomic E-state index is -0.570. The van der Waals surface area contributed by atoms with E-state index in [-0.39, 0.29) is 12.7 Å². The highest BCUT2D eigenvalue weighted by molar-refractivity contribution is 5.72. The van der Waals surface area contributed by atoms with Gasteiger partial charge in [0.2, 0.25) is 0 Å². The number of aromatic nitrogens is 2. The molecule has 0 amide bonds. The van der Waals surface area contributed by atoms with E-state index in [1.54, 1.807) is 0 Å². The monoisotopic (exact) mass is 358 g/mol. The Labute approximate surface area is 154 Å². The number of hydrogen-bond donors (Lipinski definition) is 1. The Morgan fingerprint density at radius 3 is 2.46 bits per heavy atom. The van der Waals surface area contributed by atoms with E-state index in [9.17, 15) is 5.11 Å². The average molecular weight is 358 g/mol. The van der Waals surface area contributed by atoms with Gasteiger partial charge in [0.25, 0.3) is 0 Å². The molecule has 2 aromatic rings. The Hall–Kier alpha value is -2.02. The van der Waals surface area contributed by atoms with Gasteiger partial charge in [-0.1, -0.05) is 18.2 Å². The van der Waals surface area contributed by atoms with E-state index in [0.717, 1.165) is 33.6 Å². The molecule has 140 valence electrons. The van der Waals surface area contributed by atoms with Gasteiger partial charge >= 0.3 is 6.01 Å². The highest BCUT2D eigenvalue weighted by atomic mass is 16.7. The van der Waals surface area contributed by atoms with Gasteiger partial charge in [-0.15, -0.1) is 0 Å². The summed E-state index contributed by atoms with van der Waals surface area (Å²) in [5.74, 6) is -0.570. The van der Waals surface area contributed by atoms with E-state index in [0.29, 0.717) is 19.2 Å². The summed E-state index contributed by atoms with van der Waals surface area (Å²) in [5.41, 5.74) is 5.64. The number of aryl methyl sites for hydroxylation is 2. The Morgan fingerprint density at radius 2 is 1.88 bits per heavy atom. The second-order valence-electron chi connectivity index (χ2n) is 7.06. The maximum absolute atomic E-state index is 9.51. The number of hydrogen-bond acceptors (Lipinski definition) is 6. The Morgan fingerprint density at radius 1 is 1.19 bits per heavy atom. The van der Waals surface area contributed by atoms with Crippen molar-refractivity contribution in [2.45, 2.75) is 53.1 Å². The van der Waals surface area contributed by atoms with Crippen molar-refractivity contribution in [1.82, 2.24) is 9.97 Å². The minimum absolute atomic E-state index is 0.0135. The van der Waals surface area contributed by atoms with Crippen LogP contribution in [0.15, 0.2) is 18.2 Å². The molecule has 0 radical (unpaired) electrons. The van der Waals surface area contributed by atoms with Gasteiger partial charge in [0, 0.05) is 5.56 Å². The number of benzene rings is 1. The van der Waals surface area contributed by atoms with Crippen LogP contribution in [0, 0.1) is 20.8 Å². The minimum Gasteiger partial charge on any atom is -0.461 e. The molecule has 26 heavy (non-hydrogen) atoms. The maximum atomic E-state index is 9.51. The number of nitrogens with zero attached hydrogens (tertiary/aromatic N) is 2. The highest BCUT2D eigenvalue weighted by Crippen LogP contribution is 2.31. The lowest BCUT2D eigenvalue weighted by Gasteiger charge is -2.18. The van der Waals surface area contributed by atoms with Crippen LogP contribution in [0.5, 0.6) is 6.01 Å². The van der Waals surface area contributed by atoms with Crippen molar-refractivity contribution in [1.29, 1.82) is 0 Å². The molecule has 0 bridgehead atoms. The molecule has 2 heterocycles. The molecule has 0 spiro atoms. The molecule has 6 nitrogen and oxygen atoms in total.